The number of aryl methyl sites for hydroxylation is 1. The van der Waals surface area contributed by atoms with Gasteiger partial charge in [-0.05, 0) is 118 Å². The van der Waals surface area contributed by atoms with Crippen molar-refractivity contribution in [3.8, 4) is 23.0 Å². The molecule has 0 saturated heterocycles. The van der Waals surface area contributed by atoms with Gasteiger partial charge in [-0.15, -0.1) is 0 Å². The number of fused-ring (bicyclic) bond motifs is 1. The van der Waals surface area contributed by atoms with Crippen molar-refractivity contribution in [2.45, 2.75) is 84.0 Å². The van der Waals surface area contributed by atoms with Gasteiger partial charge >= 0.3 is 0 Å². The van der Waals surface area contributed by atoms with Crippen LogP contribution in [0.1, 0.15) is 82.6 Å². The number of halogens is 1. The Bertz CT molecular complexity index is 1330. The number of ether oxygens (including phenoxy) is 1. The van der Waals surface area contributed by atoms with Crippen LogP contribution in [-0.4, -0.2) is 22.1 Å². The van der Waals surface area contributed by atoms with E-state index in [1.807, 2.05) is 58.0 Å². The molecular weight excluding hydrogens is 468 g/mol. The minimum atomic E-state index is -0.912. The van der Waals surface area contributed by atoms with Gasteiger partial charge in [0.05, 0.1) is 5.60 Å². The van der Waals surface area contributed by atoms with Gasteiger partial charge in [0, 0.05) is 10.6 Å². The van der Waals surface area contributed by atoms with Gasteiger partial charge in [0.15, 0.2) is 5.78 Å². The van der Waals surface area contributed by atoms with Gasteiger partial charge in [0.25, 0.3) is 0 Å². The summed E-state index contributed by atoms with van der Waals surface area (Å²) in [6.45, 7) is 9.50. The predicted octanol–water partition coefficient (Wildman–Crippen LogP) is 7.96. The molecule has 188 valence electrons. The molecule has 1 N–H and O–H groups in total. The van der Waals surface area contributed by atoms with Crippen molar-refractivity contribution in [3.63, 3.8) is 0 Å². The molecule has 0 aliphatic heterocycles. The number of rotatable bonds is 4. The molecule has 4 heteroatoms. The van der Waals surface area contributed by atoms with Crippen LogP contribution in [0.15, 0.2) is 48.5 Å². The second kappa shape index (κ2) is 10.4. The van der Waals surface area contributed by atoms with E-state index in [4.69, 9.17) is 16.3 Å². The average Bonchev–Trinajstić information content (AvgIpc) is 2.81. The second-order valence-electron chi connectivity index (χ2n) is 11.0. The van der Waals surface area contributed by atoms with E-state index >= 15 is 0 Å². The standard InChI is InChI=1S/C32H35ClO3/c1-21-19-25-10-9-23(15-18-32(35)16-7-6-8-17-32)20-27(25)29(24-11-13-26(33)14-12-24)28(21)30(22(2)34)36-31(3,4)5/h9-14,19-20,30,35H,6-8,16-17H2,1-5H3. The first-order valence-electron chi connectivity index (χ1n) is 12.7. The Labute approximate surface area is 219 Å². The van der Waals surface area contributed by atoms with Crippen LogP contribution in [0.2, 0.25) is 5.02 Å². The summed E-state index contributed by atoms with van der Waals surface area (Å²) in [4.78, 5) is 12.9. The summed E-state index contributed by atoms with van der Waals surface area (Å²) in [5.41, 5.74) is 3.19. The Kier molecular flexibility index (Phi) is 7.62. The van der Waals surface area contributed by atoms with Crippen LogP contribution in [0.25, 0.3) is 21.9 Å². The molecule has 0 spiro atoms. The molecule has 1 fully saturated rings. The lowest BCUT2D eigenvalue weighted by atomic mass is 9.84. The van der Waals surface area contributed by atoms with Gasteiger partial charge in [-0.3, -0.25) is 4.79 Å². The minimum absolute atomic E-state index is 0.0435. The molecule has 0 aromatic heterocycles. The van der Waals surface area contributed by atoms with Gasteiger partial charge in [0.1, 0.15) is 11.7 Å². The summed E-state index contributed by atoms with van der Waals surface area (Å²) in [6.07, 6.45) is 3.89. The summed E-state index contributed by atoms with van der Waals surface area (Å²) in [5.74, 6) is 6.35. The smallest absolute Gasteiger partial charge is 0.163 e. The lowest BCUT2D eigenvalue weighted by Crippen LogP contribution is -2.29. The van der Waals surface area contributed by atoms with Crippen LogP contribution in [-0.2, 0) is 9.53 Å². The number of carbonyl (C=O) groups is 1. The molecule has 36 heavy (non-hydrogen) atoms. The maximum atomic E-state index is 12.9. The summed E-state index contributed by atoms with van der Waals surface area (Å²) >= 11 is 6.22. The molecule has 0 amide bonds. The molecule has 0 bridgehead atoms. The second-order valence-corrected chi connectivity index (χ2v) is 11.4. The summed E-state index contributed by atoms with van der Waals surface area (Å²) in [6, 6.07) is 15.9. The van der Waals surface area contributed by atoms with Crippen molar-refractivity contribution < 1.29 is 14.6 Å². The topological polar surface area (TPSA) is 46.5 Å². The van der Waals surface area contributed by atoms with Gasteiger partial charge in [0.2, 0.25) is 0 Å². The van der Waals surface area contributed by atoms with Crippen LogP contribution >= 0.6 is 11.6 Å². The van der Waals surface area contributed by atoms with Crippen LogP contribution < -0.4 is 0 Å². The fourth-order valence-corrected chi connectivity index (χ4v) is 5.17. The number of hydrogen-bond acceptors (Lipinski definition) is 3. The molecule has 1 unspecified atom stereocenters. The van der Waals surface area contributed by atoms with Gasteiger partial charge in [-0.1, -0.05) is 54.1 Å². The molecule has 0 heterocycles. The van der Waals surface area contributed by atoms with Crippen molar-refractivity contribution >= 4 is 28.2 Å². The third kappa shape index (κ3) is 6.01. The fourth-order valence-electron chi connectivity index (χ4n) is 5.04. The Morgan fingerprint density at radius 3 is 2.33 bits per heavy atom. The van der Waals surface area contributed by atoms with E-state index in [1.165, 1.54) is 0 Å². The maximum absolute atomic E-state index is 12.9. The first-order valence-corrected chi connectivity index (χ1v) is 13.1. The normalized spacial score (nSPS) is 16.3. The minimum Gasteiger partial charge on any atom is -0.378 e. The van der Waals surface area contributed by atoms with Crippen molar-refractivity contribution in [2.75, 3.05) is 0 Å². The highest BCUT2D eigenvalue weighted by Crippen LogP contribution is 2.41. The number of benzene rings is 3. The van der Waals surface area contributed by atoms with Gasteiger partial charge in [-0.25, -0.2) is 0 Å². The fraction of sp³-hybridized carbons (Fsp3) is 0.406. The van der Waals surface area contributed by atoms with E-state index in [0.717, 1.165) is 70.7 Å². The zero-order valence-corrected chi connectivity index (χ0v) is 22.6. The van der Waals surface area contributed by atoms with Crippen LogP contribution in [0.3, 0.4) is 0 Å². The quantitative estimate of drug-likeness (QED) is 0.368. The summed E-state index contributed by atoms with van der Waals surface area (Å²) in [5, 5.41) is 13.6. The molecule has 1 aliphatic carbocycles. The van der Waals surface area contributed by atoms with Crippen molar-refractivity contribution in [3.05, 3.63) is 70.2 Å². The van der Waals surface area contributed by atoms with Crippen molar-refractivity contribution in [1.29, 1.82) is 0 Å². The lowest BCUT2D eigenvalue weighted by Gasteiger charge is -2.29. The molecule has 3 aromatic rings. The Morgan fingerprint density at radius 2 is 1.72 bits per heavy atom. The lowest BCUT2D eigenvalue weighted by molar-refractivity contribution is -0.138. The van der Waals surface area contributed by atoms with Crippen LogP contribution in [0.4, 0.5) is 0 Å². The third-order valence-electron chi connectivity index (χ3n) is 6.74. The predicted molar refractivity (Wildman–Crippen MR) is 148 cm³/mol. The van der Waals surface area contributed by atoms with Crippen LogP contribution in [0.5, 0.6) is 0 Å². The first kappa shape index (κ1) is 26.4. The van der Waals surface area contributed by atoms with Crippen molar-refractivity contribution in [2.24, 2.45) is 0 Å². The number of hydrogen-bond donors (Lipinski definition) is 1. The SMILES string of the molecule is CC(=O)C(OC(C)(C)C)c1c(C)cc2ccc(C#CC3(O)CCCCC3)cc2c1-c1ccc(Cl)cc1. The highest BCUT2D eigenvalue weighted by Gasteiger charge is 2.30. The van der Waals surface area contributed by atoms with E-state index in [-0.39, 0.29) is 5.78 Å². The van der Waals surface area contributed by atoms with E-state index in [9.17, 15) is 9.90 Å². The molecule has 1 aliphatic rings. The molecule has 1 atom stereocenters. The Morgan fingerprint density at radius 1 is 1.06 bits per heavy atom. The summed E-state index contributed by atoms with van der Waals surface area (Å²) < 4.78 is 6.33. The highest BCUT2D eigenvalue weighted by atomic mass is 35.5. The maximum Gasteiger partial charge on any atom is 0.163 e. The average molecular weight is 503 g/mol. The molecule has 0 radical (unpaired) electrons. The molecule has 3 nitrogen and oxygen atoms in total. The third-order valence-corrected chi connectivity index (χ3v) is 7.00. The number of aliphatic hydroxyl groups is 1. The summed E-state index contributed by atoms with van der Waals surface area (Å²) in [7, 11) is 0. The number of ketones is 1. The molecule has 3 aromatic carbocycles. The molecular formula is C32H35ClO3. The van der Waals surface area contributed by atoms with Crippen LogP contribution in [0, 0.1) is 18.8 Å². The molecule has 4 rings (SSSR count). The Hall–Kier alpha value is -2.64. The number of carbonyl (C=O) groups excluding carboxylic acids is 1. The molecule has 1 saturated carbocycles. The first-order chi connectivity index (χ1) is 17.0. The van der Waals surface area contributed by atoms with E-state index < -0.39 is 17.3 Å². The largest absolute Gasteiger partial charge is 0.378 e. The van der Waals surface area contributed by atoms with E-state index in [1.54, 1.807) is 6.92 Å². The van der Waals surface area contributed by atoms with E-state index in [0.29, 0.717) is 5.02 Å². The monoisotopic (exact) mass is 502 g/mol. The number of Topliss-reactive ketones (excluding diaryl/α,β-unsaturated/α-hetero) is 1. The highest BCUT2D eigenvalue weighted by molar-refractivity contribution is 6.30. The Balaban J connectivity index is 1.96. The van der Waals surface area contributed by atoms with E-state index in [2.05, 4.69) is 30.0 Å². The zero-order valence-electron chi connectivity index (χ0n) is 21.9. The van der Waals surface area contributed by atoms with Gasteiger partial charge < -0.3 is 9.84 Å². The van der Waals surface area contributed by atoms with Gasteiger partial charge in [-0.2, -0.15) is 0 Å². The van der Waals surface area contributed by atoms with Crippen molar-refractivity contribution in [1.82, 2.24) is 0 Å². The zero-order chi connectivity index (χ0) is 26.1.